The quantitative estimate of drug-likeness (QED) is 0.657. The maximum Gasteiger partial charge on any atom is 0.230 e. The van der Waals surface area contributed by atoms with Gasteiger partial charge in [0.15, 0.2) is 0 Å². The standard InChI is InChI=1S/C21H29N3O3S/c1-5-14(6-2)9-24-12-21-8-7-16(27-21)17(18(21)20(24)26)19(25)23(4)10-15-11-28-13(3)22-15/h7-8,11,14,16-18H,5-6,9-10,12H2,1-4H3/t16-,17+,18+,21-/m0/s1. The van der Waals surface area contributed by atoms with Crippen LogP contribution in [0.4, 0.5) is 0 Å². The van der Waals surface area contributed by atoms with Gasteiger partial charge < -0.3 is 14.5 Å². The van der Waals surface area contributed by atoms with Gasteiger partial charge in [0.05, 0.1) is 41.7 Å². The lowest BCUT2D eigenvalue weighted by molar-refractivity contribution is -0.143. The van der Waals surface area contributed by atoms with E-state index in [0.717, 1.165) is 30.1 Å². The van der Waals surface area contributed by atoms with E-state index in [0.29, 0.717) is 19.0 Å². The fourth-order valence-corrected chi connectivity index (χ4v) is 5.53. The van der Waals surface area contributed by atoms with Crippen LogP contribution in [0.2, 0.25) is 0 Å². The van der Waals surface area contributed by atoms with Crippen molar-refractivity contribution in [1.29, 1.82) is 0 Å². The summed E-state index contributed by atoms with van der Waals surface area (Å²) >= 11 is 1.58. The van der Waals surface area contributed by atoms with Crippen molar-refractivity contribution in [2.75, 3.05) is 20.1 Å². The third-order valence-corrected chi connectivity index (χ3v) is 7.36. The van der Waals surface area contributed by atoms with Crippen LogP contribution in [0.3, 0.4) is 0 Å². The fourth-order valence-electron chi connectivity index (χ4n) is 4.93. The zero-order chi connectivity index (χ0) is 20.1. The normalized spacial score (nSPS) is 30.5. The van der Waals surface area contributed by atoms with Crippen LogP contribution in [0.25, 0.3) is 0 Å². The number of thiazole rings is 1. The highest BCUT2D eigenvalue weighted by Gasteiger charge is 2.67. The molecular weight excluding hydrogens is 374 g/mol. The summed E-state index contributed by atoms with van der Waals surface area (Å²) in [7, 11) is 1.79. The van der Waals surface area contributed by atoms with Gasteiger partial charge in [-0.05, 0) is 12.8 Å². The predicted molar refractivity (Wildman–Crippen MR) is 108 cm³/mol. The van der Waals surface area contributed by atoms with Crippen molar-refractivity contribution >= 4 is 23.2 Å². The number of nitrogens with zero attached hydrogens (tertiary/aromatic N) is 3. The van der Waals surface area contributed by atoms with Gasteiger partial charge in [0.25, 0.3) is 0 Å². The van der Waals surface area contributed by atoms with E-state index in [-0.39, 0.29) is 17.9 Å². The molecule has 152 valence electrons. The number of hydrogen-bond acceptors (Lipinski definition) is 5. The molecule has 0 saturated carbocycles. The fraction of sp³-hybridized carbons (Fsp3) is 0.667. The molecule has 0 radical (unpaired) electrons. The molecule has 4 rings (SSSR count). The predicted octanol–water partition coefficient (Wildman–Crippen LogP) is 2.63. The van der Waals surface area contributed by atoms with E-state index in [1.54, 1.807) is 23.3 Å². The molecule has 4 heterocycles. The highest BCUT2D eigenvalue weighted by atomic mass is 32.1. The van der Waals surface area contributed by atoms with Gasteiger partial charge in [-0.2, -0.15) is 0 Å². The van der Waals surface area contributed by atoms with Crippen molar-refractivity contribution < 1.29 is 14.3 Å². The van der Waals surface area contributed by atoms with Crippen LogP contribution in [-0.2, 0) is 20.9 Å². The van der Waals surface area contributed by atoms with Gasteiger partial charge in [-0.15, -0.1) is 11.3 Å². The first-order chi connectivity index (χ1) is 13.4. The lowest BCUT2D eigenvalue weighted by atomic mass is 9.76. The van der Waals surface area contributed by atoms with Crippen LogP contribution in [0.15, 0.2) is 17.5 Å². The molecule has 2 amide bonds. The summed E-state index contributed by atoms with van der Waals surface area (Å²) in [6.45, 7) is 8.07. The molecule has 2 fully saturated rings. The second-order valence-electron chi connectivity index (χ2n) is 8.35. The van der Waals surface area contributed by atoms with Crippen LogP contribution < -0.4 is 0 Å². The molecule has 3 aliphatic rings. The van der Waals surface area contributed by atoms with E-state index in [1.807, 2.05) is 29.4 Å². The van der Waals surface area contributed by atoms with Crippen molar-refractivity contribution in [3.8, 4) is 0 Å². The van der Waals surface area contributed by atoms with Gasteiger partial charge in [0, 0.05) is 19.0 Å². The second kappa shape index (κ2) is 7.26. The van der Waals surface area contributed by atoms with Crippen molar-refractivity contribution in [3.05, 3.63) is 28.2 Å². The lowest BCUT2D eigenvalue weighted by Crippen LogP contribution is -2.44. The molecule has 28 heavy (non-hydrogen) atoms. The Labute approximate surface area is 170 Å². The summed E-state index contributed by atoms with van der Waals surface area (Å²) in [5, 5.41) is 2.97. The number of aryl methyl sites for hydroxylation is 1. The molecule has 3 aliphatic heterocycles. The van der Waals surface area contributed by atoms with Crippen LogP contribution in [-0.4, -0.2) is 58.4 Å². The number of aromatic nitrogens is 1. The summed E-state index contributed by atoms with van der Waals surface area (Å²) in [4.78, 5) is 34.6. The molecule has 0 aliphatic carbocycles. The Kier molecular flexibility index (Phi) is 5.08. The van der Waals surface area contributed by atoms with Gasteiger partial charge >= 0.3 is 0 Å². The number of hydrogen-bond donors (Lipinski definition) is 0. The Morgan fingerprint density at radius 3 is 2.86 bits per heavy atom. The zero-order valence-electron chi connectivity index (χ0n) is 17.1. The van der Waals surface area contributed by atoms with Crippen LogP contribution in [0.5, 0.6) is 0 Å². The zero-order valence-corrected chi connectivity index (χ0v) is 17.9. The molecule has 4 atom stereocenters. The smallest absolute Gasteiger partial charge is 0.230 e. The third-order valence-electron chi connectivity index (χ3n) is 6.54. The molecule has 0 aromatic carbocycles. The molecule has 6 nitrogen and oxygen atoms in total. The minimum atomic E-state index is -0.619. The molecule has 1 aromatic heterocycles. The Bertz CT molecular complexity index is 803. The molecule has 2 bridgehead atoms. The molecule has 1 spiro atoms. The minimum absolute atomic E-state index is 0.0235. The van der Waals surface area contributed by atoms with Gasteiger partial charge in [-0.1, -0.05) is 38.8 Å². The van der Waals surface area contributed by atoms with Crippen LogP contribution in [0.1, 0.15) is 37.4 Å². The number of carbonyl (C=O) groups is 2. The van der Waals surface area contributed by atoms with Gasteiger partial charge in [-0.3, -0.25) is 9.59 Å². The van der Waals surface area contributed by atoms with E-state index < -0.39 is 17.4 Å². The Hall–Kier alpha value is -1.73. The summed E-state index contributed by atoms with van der Waals surface area (Å²) in [5.41, 5.74) is 0.271. The number of ether oxygens (including phenoxy) is 1. The molecule has 2 saturated heterocycles. The summed E-state index contributed by atoms with van der Waals surface area (Å²) in [6.07, 6.45) is 5.82. The van der Waals surface area contributed by atoms with E-state index >= 15 is 0 Å². The minimum Gasteiger partial charge on any atom is -0.360 e. The molecule has 7 heteroatoms. The Morgan fingerprint density at radius 1 is 1.46 bits per heavy atom. The van der Waals surface area contributed by atoms with E-state index in [9.17, 15) is 9.59 Å². The SMILES string of the molecule is CCC(CC)CN1C[C@]23C=C[C@H](O2)[C@@H](C(=O)N(C)Cc2csc(C)n2)[C@@H]3C1=O. The average molecular weight is 404 g/mol. The van der Waals surface area contributed by atoms with Gasteiger partial charge in [-0.25, -0.2) is 4.98 Å². The van der Waals surface area contributed by atoms with Crippen molar-refractivity contribution in [3.63, 3.8) is 0 Å². The third kappa shape index (κ3) is 3.08. The van der Waals surface area contributed by atoms with Crippen molar-refractivity contribution in [2.24, 2.45) is 17.8 Å². The number of likely N-dealkylation sites (tertiary alicyclic amines) is 1. The van der Waals surface area contributed by atoms with Crippen LogP contribution in [0, 0.1) is 24.7 Å². The molecule has 0 N–H and O–H groups in total. The van der Waals surface area contributed by atoms with Crippen LogP contribution >= 0.6 is 11.3 Å². The first-order valence-corrected chi connectivity index (χ1v) is 11.1. The second-order valence-corrected chi connectivity index (χ2v) is 9.42. The number of rotatable bonds is 7. The topological polar surface area (TPSA) is 62.7 Å². The Morgan fingerprint density at radius 2 is 2.21 bits per heavy atom. The largest absolute Gasteiger partial charge is 0.360 e. The first kappa shape index (κ1) is 19.6. The number of carbonyl (C=O) groups excluding carboxylic acids is 2. The van der Waals surface area contributed by atoms with E-state index in [2.05, 4.69) is 18.8 Å². The molecule has 1 aromatic rings. The lowest BCUT2D eigenvalue weighted by Gasteiger charge is -2.27. The molecule has 0 unspecified atom stereocenters. The monoisotopic (exact) mass is 403 g/mol. The molecular formula is C21H29N3O3S. The van der Waals surface area contributed by atoms with Crippen molar-refractivity contribution in [1.82, 2.24) is 14.8 Å². The Balaban J connectivity index is 1.52. The van der Waals surface area contributed by atoms with Gasteiger partial charge in [0.2, 0.25) is 11.8 Å². The summed E-state index contributed by atoms with van der Waals surface area (Å²) < 4.78 is 6.24. The first-order valence-electron chi connectivity index (χ1n) is 10.2. The van der Waals surface area contributed by atoms with Gasteiger partial charge in [0.1, 0.15) is 5.60 Å². The summed E-state index contributed by atoms with van der Waals surface area (Å²) in [6, 6.07) is 0. The summed E-state index contributed by atoms with van der Waals surface area (Å²) in [5.74, 6) is -0.289. The maximum atomic E-state index is 13.3. The van der Waals surface area contributed by atoms with E-state index in [4.69, 9.17) is 4.74 Å². The van der Waals surface area contributed by atoms with Crippen molar-refractivity contribution in [2.45, 2.75) is 51.9 Å². The highest BCUT2D eigenvalue weighted by Crippen LogP contribution is 2.52. The number of fused-ring (bicyclic) bond motifs is 1. The highest BCUT2D eigenvalue weighted by molar-refractivity contribution is 7.09. The number of amides is 2. The van der Waals surface area contributed by atoms with E-state index in [1.165, 1.54) is 0 Å². The maximum absolute atomic E-state index is 13.3. The average Bonchev–Trinajstić information content (AvgIpc) is 3.41.